The van der Waals surface area contributed by atoms with Crippen LogP contribution in [0.5, 0.6) is 0 Å². The molecule has 1 rings (SSSR count). The molecule has 1 atom stereocenters. The molecule has 0 aliphatic heterocycles. The molecule has 0 saturated carbocycles. The van der Waals surface area contributed by atoms with Crippen LogP contribution in [0.2, 0.25) is 0 Å². The minimum Gasteiger partial charge on any atom is -0.315 e. The van der Waals surface area contributed by atoms with Crippen LogP contribution in [-0.4, -0.2) is 29.6 Å². The molecular formula is C11H18N2S. The van der Waals surface area contributed by atoms with Gasteiger partial charge in [0.1, 0.15) is 0 Å². The van der Waals surface area contributed by atoms with Gasteiger partial charge in [-0.2, -0.15) is 11.8 Å². The highest BCUT2D eigenvalue weighted by Gasteiger charge is 1.97. The smallest absolute Gasteiger partial charge is 0.0300 e. The second-order valence-electron chi connectivity index (χ2n) is 3.36. The fourth-order valence-electron chi connectivity index (χ4n) is 1.17. The van der Waals surface area contributed by atoms with E-state index < -0.39 is 0 Å². The van der Waals surface area contributed by atoms with Gasteiger partial charge in [-0.05, 0) is 30.9 Å². The molecule has 14 heavy (non-hydrogen) atoms. The van der Waals surface area contributed by atoms with E-state index in [1.54, 1.807) is 0 Å². The summed E-state index contributed by atoms with van der Waals surface area (Å²) in [5.41, 5.74) is 1.30. The van der Waals surface area contributed by atoms with Crippen LogP contribution in [0.1, 0.15) is 12.5 Å². The molecule has 78 valence electrons. The van der Waals surface area contributed by atoms with Gasteiger partial charge < -0.3 is 5.32 Å². The molecule has 0 fully saturated rings. The van der Waals surface area contributed by atoms with E-state index in [4.69, 9.17) is 0 Å². The van der Waals surface area contributed by atoms with Crippen molar-refractivity contribution in [2.75, 3.05) is 19.3 Å². The first-order valence-corrected chi connectivity index (χ1v) is 6.24. The van der Waals surface area contributed by atoms with E-state index >= 15 is 0 Å². The molecule has 1 unspecified atom stereocenters. The molecule has 1 heterocycles. The first-order valence-electron chi connectivity index (χ1n) is 4.95. The average molecular weight is 210 g/mol. The Morgan fingerprint density at radius 2 is 2.43 bits per heavy atom. The van der Waals surface area contributed by atoms with Gasteiger partial charge in [-0.3, -0.25) is 4.98 Å². The monoisotopic (exact) mass is 210 g/mol. The van der Waals surface area contributed by atoms with Gasteiger partial charge in [-0.1, -0.05) is 13.0 Å². The van der Waals surface area contributed by atoms with E-state index in [0.29, 0.717) is 5.25 Å². The summed E-state index contributed by atoms with van der Waals surface area (Å²) in [6.07, 6.45) is 6.95. The molecule has 0 amide bonds. The molecule has 2 nitrogen and oxygen atoms in total. The van der Waals surface area contributed by atoms with Crippen LogP contribution in [-0.2, 0) is 6.42 Å². The minimum atomic E-state index is 0.698. The maximum Gasteiger partial charge on any atom is 0.0300 e. The van der Waals surface area contributed by atoms with Crippen molar-refractivity contribution in [3.05, 3.63) is 30.1 Å². The van der Waals surface area contributed by atoms with Crippen LogP contribution in [0.4, 0.5) is 0 Å². The van der Waals surface area contributed by atoms with Crippen LogP contribution >= 0.6 is 11.8 Å². The molecule has 0 aromatic carbocycles. The lowest BCUT2D eigenvalue weighted by Crippen LogP contribution is -2.24. The summed E-state index contributed by atoms with van der Waals surface area (Å²) in [6.45, 7) is 4.36. The number of nitrogens with one attached hydrogen (secondary N) is 1. The van der Waals surface area contributed by atoms with Crippen LogP contribution in [0.3, 0.4) is 0 Å². The highest BCUT2D eigenvalue weighted by molar-refractivity contribution is 7.99. The Balaban J connectivity index is 2.10. The zero-order valence-corrected chi connectivity index (χ0v) is 9.68. The van der Waals surface area contributed by atoms with Crippen LogP contribution in [0, 0.1) is 0 Å². The number of rotatable bonds is 6. The van der Waals surface area contributed by atoms with E-state index in [9.17, 15) is 0 Å². The number of hydrogen-bond acceptors (Lipinski definition) is 3. The lowest BCUT2D eigenvalue weighted by molar-refractivity contribution is 0.679. The molecule has 0 bridgehead atoms. The zero-order chi connectivity index (χ0) is 10.2. The van der Waals surface area contributed by atoms with Crippen molar-refractivity contribution in [2.45, 2.75) is 18.6 Å². The van der Waals surface area contributed by atoms with Gasteiger partial charge >= 0.3 is 0 Å². The predicted octanol–water partition coefficient (Wildman–Crippen LogP) is 1.97. The first-order chi connectivity index (χ1) is 6.83. The SMILES string of the molecule is CSC(C)CNCCc1cccnc1. The third kappa shape index (κ3) is 4.63. The topological polar surface area (TPSA) is 24.9 Å². The summed E-state index contributed by atoms with van der Waals surface area (Å²) >= 11 is 1.90. The average Bonchev–Trinajstić information content (AvgIpc) is 2.25. The second-order valence-corrected chi connectivity index (χ2v) is 4.64. The molecule has 0 spiro atoms. The largest absolute Gasteiger partial charge is 0.315 e. The van der Waals surface area contributed by atoms with Gasteiger partial charge in [-0.15, -0.1) is 0 Å². The Kier molecular flexibility index (Phi) is 5.64. The Morgan fingerprint density at radius 3 is 3.07 bits per heavy atom. The van der Waals surface area contributed by atoms with Crippen molar-refractivity contribution < 1.29 is 0 Å². The summed E-state index contributed by atoms with van der Waals surface area (Å²) in [5, 5.41) is 4.13. The first kappa shape index (κ1) is 11.5. The summed E-state index contributed by atoms with van der Waals surface area (Å²) in [6, 6.07) is 4.10. The number of thioether (sulfide) groups is 1. The van der Waals surface area contributed by atoms with Gasteiger partial charge in [0.25, 0.3) is 0 Å². The predicted molar refractivity (Wildman–Crippen MR) is 63.8 cm³/mol. The molecule has 1 aromatic rings. The highest BCUT2D eigenvalue weighted by Crippen LogP contribution is 2.02. The Labute approximate surface area is 90.5 Å². The Hall–Kier alpha value is -0.540. The highest BCUT2D eigenvalue weighted by atomic mass is 32.2. The summed E-state index contributed by atoms with van der Waals surface area (Å²) in [5.74, 6) is 0. The van der Waals surface area contributed by atoms with Crippen LogP contribution < -0.4 is 5.32 Å². The number of hydrogen-bond donors (Lipinski definition) is 1. The quantitative estimate of drug-likeness (QED) is 0.727. The molecule has 1 N–H and O–H groups in total. The summed E-state index contributed by atoms with van der Waals surface area (Å²) < 4.78 is 0. The summed E-state index contributed by atoms with van der Waals surface area (Å²) in [4.78, 5) is 4.08. The Morgan fingerprint density at radius 1 is 1.57 bits per heavy atom. The second kappa shape index (κ2) is 6.85. The van der Waals surface area contributed by atoms with E-state index in [2.05, 4.69) is 29.5 Å². The van der Waals surface area contributed by atoms with Gasteiger partial charge in [0.15, 0.2) is 0 Å². The van der Waals surface area contributed by atoms with E-state index in [0.717, 1.165) is 19.5 Å². The third-order valence-electron chi connectivity index (χ3n) is 2.15. The van der Waals surface area contributed by atoms with Gasteiger partial charge in [0.2, 0.25) is 0 Å². The van der Waals surface area contributed by atoms with Crippen LogP contribution in [0.15, 0.2) is 24.5 Å². The van der Waals surface area contributed by atoms with Crippen molar-refractivity contribution >= 4 is 11.8 Å². The minimum absolute atomic E-state index is 0.698. The molecule has 0 radical (unpaired) electrons. The molecule has 0 saturated heterocycles. The Bertz CT molecular complexity index is 238. The number of aromatic nitrogens is 1. The fourth-order valence-corrected chi connectivity index (χ4v) is 1.45. The normalized spacial score (nSPS) is 12.7. The molecule has 0 aliphatic carbocycles. The van der Waals surface area contributed by atoms with Gasteiger partial charge in [0.05, 0.1) is 0 Å². The van der Waals surface area contributed by atoms with E-state index in [1.807, 2.05) is 30.2 Å². The van der Waals surface area contributed by atoms with Crippen molar-refractivity contribution in [3.8, 4) is 0 Å². The van der Waals surface area contributed by atoms with Crippen molar-refractivity contribution in [3.63, 3.8) is 0 Å². The zero-order valence-electron chi connectivity index (χ0n) is 8.86. The van der Waals surface area contributed by atoms with Gasteiger partial charge in [0, 0.05) is 24.2 Å². The maximum atomic E-state index is 4.08. The number of pyridine rings is 1. The maximum absolute atomic E-state index is 4.08. The van der Waals surface area contributed by atoms with Crippen LogP contribution in [0.25, 0.3) is 0 Å². The molecule has 0 aliphatic rings. The molecular weight excluding hydrogens is 192 g/mol. The lowest BCUT2D eigenvalue weighted by Gasteiger charge is -2.09. The molecule has 3 heteroatoms. The van der Waals surface area contributed by atoms with Gasteiger partial charge in [-0.25, -0.2) is 0 Å². The van der Waals surface area contributed by atoms with Crippen molar-refractivity contribution in [1.82, 2.24) is 10.3 Å². The lowest BCUT2D eigenvalue weighted by atomic mass is 10.2. The van der Waals surface area contributed by atoms with Crippen molar-refractivity contribution in [2.24, 2.45) is 0 Å². The number of nitrogens with zero attached hydrogens (tertiary/aromatic N) is 1. The van der Waals surface area contributed by atoms with E-state index in [-0.39, 0.29) is 0 Å². The summed E-state index contributed by atoms with van der Waals surface area (Å²) in [7, 11) is 0. The standard InChI is InChI=1S/C11H18N2S/c1-10(14-2)8-13-7-5-11-4-3-6-12-9-11/h3-4,6,9-10,13H,5,7-8H2,1-2H3. The fraction of sp³-hybridized carbons (Fsp3) is 0.545. The van der Waals surface area contributed by atoms with Crippen molar-refractivity contribution in [1.29, 1.82) is 0 Å². The van der Waals surface area contributed by atoms with E-state index in [1.165, 1.54) is 5.56 Å². The molecule has 1 aromatic heterocycles. The third-order valence-corrected chi connectivity index (χ3v) is 3.12.